The molecule has 0 bridgehead atoms. The molecule has 2 N–H and O–H groups in total. The van der Waals surface area contributed by atoms with Gasteiger partial charge in [-0.05, 0) is 37.1 Å². The number of hydrogen-bond acceptors (Lipinski definition) is 8. The number of piperidine rings is 1. The van der Waals surface area contributed by atoms with Crippen molar-refractivity contribution in [2.75, 3.05) is 20.2 Å². The third-order valence-corrected chi connectivity index (χ3v) is 6.78. The summed E-state index contributed by atoms with van der Waals surface area (Å²) in [4.78, 5) is 14.5. The lowest BCUT2D eigenvalue weighted by molar-refractivity contribution is -0.00891. The molecule has 8 nitrogen and oxygen atoms in total. The van der Waals surface area contributed by atoms with E-state index < -0.39 is 10.8 Å². The molecular weight excluding hydrogens is 366 g/mol. The number of nitrogens with zero attached hydrogens (tertiary/aromatic N) is 4. The monoisotopic (exact) mass is 389 g/mol. The molecule has 2 aromatic heterocycles. The van der Waals surface area contributed by atoms with Crippen LogP contribution in [-0.4, -0.2) is 45.1 Å². The van der Waals surface area contributed by atoms with Gasteiger partial charge >= 0.3 is 0 Å². The van der Waals surface area contributed by atoms with Crippen LogP contribution in [0.15, 0.2) is 47.8 Å². The van der Waals surface area contributed by atoms with Crippen molar-refractivity contribution in [3.63, 3.8) is 0 Å². The van der Waals surface area contributed by atoms with Gasteiger partial charge in [-0.15, -0.1) is 10.8 Å². The van der Waals surface area contributed by atoms with E-state index in [4.69, 9.17) is 14.3 Å². The van der Waals surface area contributed by atoms with Crippen molar-refractivity contribution >= 4 is 10.8 Å². The topological polar surface area (TPSA) is 104 Å². The fraction of sp³-hybridized carbons (Fsp3) is 0.389. The minimum absolute atomic E-state index is 0.176. The lowest BCUT2D eigenvalue weighted by Gasteiger charge is -2.48. The lowest BCUT2D eigenvalue weighted by Crippen LogP contribution is -2.43. The maximum atomic E-state index is 11.0. The zero-order valence-electron chi connectivity index (χ0n) is 15.1. The third-order valence-electron chi connectivity index (χ3n) is 4.39. The van der Waals surface area contributed by atoms with Crippen LogP contribution in [-0.2, 0) is 15.6 Å². The third kappa shape index (κ3) is 4.81. The summed E-state index contributed by atoms with van der Waals surface area (Å²) in [6.07, 6.45) is 6.54. The largest absolute Gasteiger partial charge is 0.295 e. The van der Waals surface area contributed by atoms with E-state index in [1.807, 2.05) is 10.4 Å². The zero-order valence-corrected chi connectivity index (χ0v) is 15.9. The Bertz CT molecular complexity index is 780. The van der Waals surface area contributed by atoms with E-state index in [9.17, 15) is 4.55 Å². The molecule has 3 heterocycles. The molecular formula is C18H23N5O3S. The van der Waals surface area contributed by atoms with E-state index in [0.717, 1.165) is 12.8 Å². The molecule has 1 fully saturated rings. The van der Waals surface area contributed by atoms with E-state index in [-0.39, 0.29) is 6.04 Å². The van der Waals surface area contributed by atoms with Crippen LogP contribution in [0.2, 0.25) is 0 Å². The van der Waals surface area contributed by atoms with Gasteiger partial charge in [0.2, 0.25) is 0 Å². The van der Waals surface area contributed by atoms with E-state index in [1.54, 1.807) is 36.8 Å². The maximum absolute atomic E-state index is 11.0. The minimum Gasteiger partial charge on any atom is -0.295 e. The van der Waals surface area contributed by atoms with Gasteiger partial charge in [-0.2, -0.15) is 10.7 Å². The molecule has 1 atom stereocenters. The first kappa shape index (κ1) is 19.7. The molecule has 1 unspecified atom stereocenters. The highest BCUT2D eigenvalue weighted by molar-refractivity contribution is 8.23. The molecule has 3 rings (SSSR count). The SMILES string of the molecule is COS(O)(c1cccnc1)N1CCC(NOCc2cc(C#N)ccn2)CC1. The first-order valence-corrected chi connectivity index (χ1v) is 10.1. The van der Waals surface area contributed by atoms with E-state index in [1.165, 1.54) is 7.11 Å². The van der Waals surface area contributed by atoms with Gasteiger partial charge < -0.3 is 0 Å². The normalized spacial score (nSPS) is 19.1. The van der Waals surface area contributed by atoms with Crippen molar-refractivity contribution < 1.29 is 13.6 Å². The Balaban J connectivity index is 1.49. The predicted octanol–water partition coefficient (Wildman–Crippen LogP) is 2.65. The molecule has 1 aliphatic heterocycles. The zero-order chi connectivity index (χ0) is 19.1. The highest BCUT2D eigenvalue weighted by atomic mass is 32.3. The summed E-state index contributed by atoms with van der Waals surface area (Å²) in [5, 5.41) is 8.91. The van der Waals surface area contributed by atoms with Gasteiger partial charge in [0.15, 0.2) is 0 Å². The Hall–Kier alpha value is -2.06. The van der Waals surface area contributed by atoms with Crippen molar-refractivity contribution in [2.45, 2.75) is 30.4 Å². The molecule has 0 aromatic carbocycles. The van der Waals surface area contributed by atoms with Gasteiger partial charge in [0.05, 0.1) is 35.5 Å². The maximum Gasteiger partial charge on any atom is 0.110 e. The number of rotatable bonds is 7. The lowest BCUT2D eigenvalue weighted by atomic mass is 10.1. The second kappa shape index (κ2) is 9.23. The first-order chi connectivity index (χ1) is 13.2. The Morgan fingerprint density at radius 2 is 2.19 bits per heavy atom. The number of hydroxylamine groups is 1. The highest BCUT2D eigenvalue weighted by Crippen LogP contribution is 2.56. The Kier molecular flexibility index (Phi) is 6.73. The predicted molar refractivity (Wildman–Crippen MR) is 101 cm³/mol. The number of pyridine rings is 2. The van der Waals surface area contributed by atoms with Gasteiger partial charge in [0.25, 0.3) is 0 Å². The first-order valence-electron chi connectivity index (χ1n) is 8.64. The van der Waals surface area contributed by atoms with Crippen LogP contribution in [0.5, 0.6) is 0 Å². The number of nitriles is 1. The van der Waals surface area contributed by atoms with Crippen molar-refractivity contribution in [1.29, 1.82) is 5.26 Å². The fourth-order valence-corrected chi connectivity index (χ4v) is 4.80. The van der Waals surface area contributed by atoms with Crippen molar-refractivity contribution in [2.24, 2.45) is 0 Å². The minimum atomic E-state index is -2.49. The summed E-state index contributed by atoms with van der Waals surface area (Å²) < 4.78 is 18.5. The summed E-state index contributed by atoms with van der Waals surface area (Å²) in [5.74, 6) is 0. The average molecular weight is 389 g/mol. The van der Waals surface area contributed by atoms with E-state index in [0.29, 0.717) is 35.8 Å². The summed E-state index contributed by atoms with van der Waals surface area (Å²) >= 11 is 0. The number of hydrogen-bond donors (Lipinski definition) is 2. The van der Waals surface area contributed by atoms with Crippen LogP contribution < -0.4 is 5.48 Å². The molecule has 1 saturated heterocycles. The molecule has 27 heavy (non-hydrogen) atoms. The Morgan fingerprint density at radius 1 is 1.37 bits per heavy atom. The van der Waals surface area contributed by atoms with Crippen LogP contribution in [0.3, 0.4) is 0 Å². The van der Waals surface area contributed by atoms with Crippen LogP contribution in [0, 0.1) is 11.3 Å². The summed E-state index contributed by atoms with van der Waals surface area (Å²) in [5.41, 5.74) is 4.33. The highest BCUT2D eigenvalue weighted by Gasteiger charge is 2.31. The second-order valence-corrected chi connectivity index (χ2v) is 8.42. The van der Waals surface area contributed by atoms with Gasteiger partial charge in [-0.1, -0.05) is 0 Å². The van der Waals surface area contributed by atoms with Gasteiger partial charge in [0.1, 0.15) is 6.61 Å². The smallest absolute Gasteiger partial charge is 0.110 e. The van der Waals surface area contributed by atoms with E-state index in [2.05, 4.69) is 21.5 Å². The number of nitrogens with one attached hydrogen (secondary N) is 1. The Labute approximate surface area is 160 Å². The van der Waals surface area contributed by atoms with Gasteiger partial charge in [-0.3, -0.25) is 23.5 Å². The fourth-order valence-electron chi connectivity index (χ4n) is 2.94. The van der Waals surface area contributed by atoms with Crippen LogP contribution in [0.25, 0.3) is 0 Å². The average Bonchev–Trinajstić information content (AvgIpc) is 2.74. The quantitative estimate of drug-likeness (QED) is 0.697. The van der Waals surface area contributed by atoms with Crippen LogP contribution >= 0.6 is 10.8 Å². The van der Waals surface area contributed by atoms with Gasteiger partial charge in [0, 0.05) is 31.5 Å². The molecule has 0 spiro atoms. The van der Waals surface area contributed by atoms with Crippen molar-refractivity contribution in [3.05, 3.63) is 54.1 Å². The standard InChI is InChI=1S/C18H23N5O3S/c1-25-27(24,18-3-2-7-20-13-18)23-9-5-16(6-10-23)22-26-14-17-11-15(12-19)4-8-21-17/h2-4,7-8,11,13,16,22,24H,5-6,9-10,14H2,1H3. The molecule has 0 saturated carbocycles. The Morgan fingerprint density at radius 3 is 2.85 bits per heavy atom. The van der Waals surface area contributed by atoms with E-state index >= 15 is 0 Å². The van der Waals surface area contributed by atoms with Crippen molar-refractivity contribution in [1.82, 2.24) is 19.8 Å². The summed E-state index contributed by atoms with van der Waals surface area (Å²) in [7, 11) is -0.964. The molecule has 144 valence electrons. The molecule has 2 aromatic rings. The molecule has 9 heteroatoms. The number of aromatic nitrogens is 2. The summed E-state index contributed by atoms with van der Waals surface area (Å²) in [6.45, 7) is 1.65. The molecule has 0 radical (unpaired) electrons. The molecule has 0 amide bonds. The second-order valence-electron chi connectivity index (χ2n) is 6.11. The molecule has 1 aliphatic rings. The molecule has 0 aliphatic carbocycles. The van der Waals surface area contributed by atoms with Gasteiger partial charge in [-0.25, -0.2) is 4.31 Å². The van der Waals surface area contributed by atoms with Crippen LogP contribution in [0.1, 0.15) is 24.1 Å². The van der Waals surface area contributed by atoms with Crippen LogP contribution in [0.4, 0.5) is 0 Å². The van der Waals surface area contributed by atoms with Crippen molar-refractivity contribution in [3.8, 4) is 6.07 Å². The summed E-state index contributed by atoms with van der Waals surface area (Å²) in [6, 6.07) is 9.26.